The van der Waals surface area contributed by atoms with Crippen LogP contribution in [0.2, 0.25) is 0 Å². The fourth-order valence-electron chi connectivity index (χ4n) is 2.33. The number of rotatable bonds is 4. The lowest BCUT2D eigenvalue weighted by atomic mass is 10.1. The van der Waals surface area contributed by atoms with Crippen molar-refractivity contribution in [1.82, 2.24) is 0 Å². The van der Waals surface area contributed by atoms with Gasteiger partial charge in [-0.3, -0.25) is 0 Å². The van der Waals surface area contributed by atoms with Crippen LogP contribution in [0.25, 0.3) is 0 Å². The molecule has 106 valence electrons. The van der Waals surface area contributed by atoms with Gasteiger partial charge in [0, 0.05) is 29.3 Å². The lowest BCUT2D eigenvalue weighted by Gasteiger charge is -2.25. The summed E-state index contributed by atoms with van der Waals surface area (Å²) in [7, 11) is 2.06. The predicted octanol–water partition coefficient (Wildman–Crippen LogP) is 4.45. The van der Waals surface area contributed by atoms with Gasteiger partial charge in [0.25, 0.3) is 0 Å². The Bertz CT molecular complexity index is 595. The zero-order chi connectivity index (χ0) is 14.7. The SMILES string of the molecule is Cc1ccccc1CN(C)c1cc(Br)ccc1C(C)O. The number of benzene rings is 2. The predicted molar refractivity (Wildman–Crippen MR) is 88.1 cm³/mol. The molecule has 0 saturated heterocycles. The number of aliphatic hydroxyl groups is 1. The van der Waals surface area contributed by atoms with Crippen molar-refractivity contribution in [3.8, 4) is 0 Å². The number of anilines is 1. The maximum absolute atomic E-state index is 9.92. The Hall–Kier alpha value is -1.32. The van der Waals surface area contributed by atoms with Gasteiger partial charge >= 0.3 is 0 Å². The molecule has 0 aromatic heterocycles. The number of hydrogen-bond donors (Lipinski definition) is 1. The van der Waals surface area contributed by atoms with Crippen molar-refractivity contribution in [3.63, 3.8) is 0 Å². The first kappa shape index (κ1) is 15.1. The van der Waals surface area contributed by atoms with Gasteiger partial charge in [0.1, 0.15) is 0 Å². The molecular formula is C17H20BrNO. The zero-order valence-corrected chi connectivity index (χ0v) is 13.7. The Morgan fingerprint density at radius 3 is 2.55 bits per heavy atom. The second-order valence-corrected chi connectivity index (χ2v) is 6.08. The average Bonchev–Trinajstić information content (AvgIpc) is 2.40. The Morgan fingerprint density at radius 2 is 1.90 bits per heavy atom. The van der Waals surface area contributed by atoms with E-state index in [0.29, 0.717) is 0 Å². The first-order valence-corrected chi connectivity index (χ1v) is 7.51. The van der Waals surface area contributed by atoms with E-state index in [0.717, 1.165) is 22.3 Å². The van der Waals surface area contributed by atoms with Crippen LogP contribution in [0.3, 0.4) is 0 Å². The minimum atomic E-state index is -0.475. The fourth-order valence-corrected chi connectivity index (χ4v) is 2.68. The van der Waals surface area contributed by atoms with E-state index < -0.39 is 6.10 Å². The molecule has 0 bridgehead atoms. The van der Waals surface area contributed by atoms with Crippen molar-refractivity contribution in [3.05, 3.63) is 63.6 Å². The number of aryl methyl sites for hydroxylation is 1. The maximum Gasteiger partial charge on any atom is 0.0782 e. The molecule has 0 heterocycles. The second kappa shape index (κ2) is 6.42. The van der Waals surface area contributed by atoms with Crippen LogP contribution in [0.5, 0.6) is 0 Å². The zero-order valence-electron chi connectivity index (χ0n) is 12.1. The Morgan fingerprint density at radius 1 is 1.20 bits per heavy atom. The summed E-state index contributed by atoms with van der Waals surface area (Å²) in [6.45, 7) is 4.75. The maximum atomic E-state index is 9.92. The van der Waals surface area contributed by atoms with Crippen molar-refractivity contribution >= 4 is 21.6 Å². The fraction of sp³-hybridized carbons (Fsp3) is 0.294. The summed E-state index contributed by atoms with van der Waals surface area (Å²) in [5.74, 6) is 0. The van der Waals surface area contributed by atoms with Gasteiger partial charge in [-0.15, -0.1) is 0 Å². The van der Waals surface area contributed by atoms with Crippen molar-refractivity contribution in [1.29, 1.82) is 0 Å². The number of nitrogens with zero attached hydrogens (tertiary/aromatic N) is 1. The van der Waals surface area contributed by atoms with Crippen LogP contribution >= 0.6 is 15.9 Å². The standard InChI is InChI=1S/C17H20BrNO/c1-12-6-4-5-7-14(12)11-19(3)17-10-15(18)8-9-16(17)13(2)20/h4-10,13,20H,11H2,1-3H3. The molecule has 2 aromatic rings. The second-order valence-electron chi connectivity index (χ2n) is 5.16. The summed E-state index contributed by atoms with van der Waals surface area (Å²) in [4.78, 5) is 2.18. The summed E-state index contributed by atoms with van der Waals surface area (Å²) in [5, 5.41) is 9.92. The van der Waals surface area contributed by atoms with Gasteiger partial charge in [-0.25, -0.2) is 0 Å². The van der Waals surface area contributed by atoms with Gasteiger partial charge in [-0.05, 0) is 37.1 Å². The largest absolute Gasteiger partial charge is 0.389 e. The Labute approximate surface area is 129 Å². The van der Waals surface area contributed by atoms with Crippen LogP contribution < -0.4 is 4.90 Å². The highest BCUT2D eigenvalue weighted by Gasteiger charge is 2.13. The molecule has 0 aliphatic carbocycles. The quantitative estimate of drug-likeness (QED) is 0.893. The molecule has 0 aliphatic rings. The molecular weight excluding hydrogens is 314 g/mol. The third kappa shape index (κ3) is 3.41. The number of aliphatic hydroxyl groups excluding tert-OH is 1. The topological polar surface area (TPSA) is 23.5 Å². The summed E-state index contributed by atoms with van der Waals surface area (Å²) in [5.41, 5.74) is 4.58. The minimum Gasteiger partial charge on any atom is -0.389 e. The Kier molecular flexibility index (Phi) is 4.84. The molecule has 0 saturated carbocycles. The summed E-state index contributed by atoms with van der Waals surface area (Å²) in [6.07, 6.45) is -0.475. The van der Waals surface area contributed by atoms with Crippen LogP contribution in [-0.2, 0) is 6.54 Å². The van der Waals surface area contributed by atoms with Gasteiger partial charge in [0.15, 0.2) is 0 Å². The first-order valence-electron chi connectivity index (χ1n) is 6.72. The van der Waals surface area contributed by atoms with Crippen molar-refractivity contribution in [2.75, 3.05) is 11.9 Å². The molecule has 2 aromatic carbocycles. The number of hydrogen-bond acceptors (Lipinski definition) is 2. The van der Waals surface area contributed by atoms with Gasteiger partial charge in [0.05, 0.1) is 6.10 Å². The van der Waals surface area contributed by atoms with E-state index in [1.807, 2.05) is 12.1 Å². The van der Waals surface area contributed by atoms with E-state index in [9.17, 15) is 5.11 Å². The van der Waals surface area contributed by atoms with E-state index in [1.165, 1.54) is 11.1 Å². The molecule has 1 unspecified atom stereocenters. The third-order valence-electron chi connectivity index (χ3n) is 3.52. The molecule has 1 N–H and O–H groups in total. The molecule has 0 radical (unpaired) electrons. The summed E-state index contributed by atoms with van der Waals surface area (Å²) < 4.78 is 1.02. The molecule has 0 fully saturated rings. The molecule has 0 aliphatic heterocycles. The lowest BCUT2D eigenvalue weighted by Crippen LogP contribution is -2.19. The van der Waals surface area contributed by atoms with Crippen LogP contribution in [0.1, 0.15) is 29.7 Å². The number of halogens is 1. The third-order valence-corrected chi connectivity index (χ3v) is 4.02. The van der Waals surface area contributed by atoms with E-state index in [4.69, 9.17) is 0 Å². The van der Waals surface area contributed by atoms with E-state index in [-0.39, 0.29) is 0 Å². The monoisotopic (exact) mass is 333 g/mol. The van der Waals surface area contributed by atoms with Gasteiger partial charge < -0.3 is 10.0 Å². The van der Waals surface area contributed by atoms with E-state index >= 15 is 0 Å². The molecule has 1 atom stereocenters. The molecule has 0 spiro atoms. The van der Waals surface area contributed by atoms with Crippen molar-refractivity contribution < 1.29 is 5.11 Å². The molecule has 3 heteroatoms. The van der Waals surface area contributed by atoms with Crippen molar-refractivity contribution in [2.24, 2.45) is 0 Å². The average molecular weight is 334 g/mol. The van der Waals surface area contributed by atoms with Crippen LogP contribution in [0.15, 0.2) is 46.9 Å². The summed E-state index contributed by atoms with van der Waals surface area (Å²) >= 11 is 3.51. The van der Waals surface area contributed by atoms with Crippen molar-refractivity contribution in [2.45, 2.75) is 26.5 Å². The lowest BCUT2D eigenvalue weighted by molar-refractivity contribution is 0.199. The smallest absolute Gasteiger partial charge is 0.0782 e. The van der Waals surface area contributed by atoms with E-state index in [1.54, 1.807) is 6.92 Å². The highest BCUT2D eigenvalue weighted by Crippen LogP contribution is 2.30. The molecule has 20 heavy (non-hydrogen) atoms. The molecule has 0 amide bonds. The van der Waals surface area contributed by atoms with Gasteiger partial charge in [0.2, 0.25) is 0 Å². The van der Waals surface area contributed by atoms with Gasteiger partial charge in [-0.2, -0.15) is 0 Å². The van der Waals surface area contributed by atoms with Crippen LogP contribution in [0, 0.1) is 6.92 Å². The van der Waals surface area contributed by atoms with E-state index in [2.05, 4.69) is 65.1 Å². The molecule has 2 nitrogen and oxygen atoms in total. The Balaban J connectivity index is 2.31. The van der Waals surface area contributed by atoms with Crippen LogP contribution in [0.4, 0.5) is 5.69 Å². The highest BCUT2D eigenvalue weighted by molar-refractivity contribution is 9.10. The minimum absolute atomic E-state index is 0.475. The highest BCUT2D eigenvalue weighted by atomic mass is 79.9. The normalized spacial score (nSPS) is 12.2. The molecule has 2 rings (SSSR count). The van der Waals surface area contributed by atoms with Crippen LogP contribution in [-0.4, -0.2) is 12.2 Å². The summed E-state index contributed by atoms with van der Waals surface area (Å²) in [6, 6.07) is 14.4. The van der Waals surface area contributed by atoms with Gasteiger partial charge in [-0.1, -0.05) is 46.3 Å². The first-order chi connectivity index (χ1) is 9.49.